The molecule has 0 fully saturated rings. The van der Waals surface area contributed by atoms with Crippen LogP contribution in [0.3, 0.4) is 0 Å². The number of thiazole rings is 1. The lowest BCUT2D eigenvalue weighted by molar-refractivity contribution is 0.833. The Morgan fingerprint density at radius 2 is 1.85 bits per heavy atom. The van der Waals surface area contributed by atoms with Crippen LogP contribution in [0.2, 0.25) is 0 Å². The molecule has 2 N–H and O–H groups in total. The van der Waals surface area contributed by atoms with Gasteiger partial charge in [0.25, 0.3) is 0 Å². The van der Waals surface area contributed by atoms with Crippen LogP contribution in [-0.4, -0.2) is 14.8 Å². The van der Waals surface area contributed by atoms with E-state index in [0.29, 0.717) is 5.13 Å². The van der Waals surface area contributed by atoms with E-state index in [1.54, 1.807) is 0 Å². The van der Waals surface area contributed by atoms with E-state index in [-0.39, 0.29) is 0 Å². The normalized spacial score (nSPS) is 10.9. The van der Waals surface area contributed by atoms with E-state index in [9.17, 15) is 0 Å². The quantitative estimate of drug-likeness (QED) is 0.783. The van der Waals surface area contributed by atoms with Gasteiger partial charge in [-0.05, 0) is 31.9 Å². The van der Waals surface area contributed by atoms with E-state index in [2.05, 4.69) is 49.1 Å². The zero-order valence-electron chi connectivity index (χ0n) is 11.7. The monoisotopic (exact) mass is 284 g/mol. The molecule has 0 bridgehead atoms. The maximum absolute atomic E-state index is 5.71. The van der Waals surface area contributed by atoms with Crippen molar-refractivity contribution in [1.82, 2.24) is 14.8 Å². The molecule has 2 heterocycles. The van der Waals surface area contributed by atoms with Crippen LogP contribution in [0.1, 0.15) is 16.8 Å². The van der Waals surface area contributed by atoms with Crippen LogP contribution in [0.25, 0.3) is 16.9 Å². The van der Waals surface area contributed by atoms with Crippen molar-refractivity contribution in [2.45, 2.75) is 20.8 Å². The SMILES string of the molecule is Cc1cccc(C)c1-n1ncc(-c2csc(N)n2)c1C. The van der Waals surface area contributed by atoms with Crippen molar-refractivity contribution in [3.05, 3.63) is 46.6 Å². The maximum atomic E-state index is 5.71. The molecule has 0 saturated heterocycles. The van der Waals surface area contributed by atoms with Crippen molar-refractivity contribution < 1.29 is 0 Å². The molecule has 0 aliphatic rings. The van der Waals surface area contributed by atoms with Crippen molar-refractivity contribution in [3.63, 3.8) is 0 Å². The van der Waals surface area contributed by atoms with Crippen molar-refractivity contribution in [2.75, 3.05) is 5.73 Å². The first-order chi connectivity index (χ1) is 9.58. The second-order valence-electron chi connectivity index (χ2n) is 4.87. The Balaban J connectivity index is 2.16. The Hall–Kier alpha value is -2.14. The number of aromatic nitrogens is 3. The first kappa shape index (κ1) is 12.9. The number of nitrogens with two attached hydrogens (primary N) is 1. The van der Waals surface area contributed by atoms with Crippen molar-refractivity contribution >= 4 is 16.5 Å². The molecule has 0 amide bonds. The van der Waals surface area contributed by atoms with Crippen LogP contribution in [0.5, 0.6) is 0 Å². The molecule has 3 rings (SSSR count). The molecule has 0 spiro atoms. The van der Waals surface area contributed by atoms with Gasteiger partial charge in [-0.15, -0.1) is 11.3 Å². The fourth-order valence-electron chi connectivity index (χ4n) is 2.44. The number of nitrogen functional groups attached to an aromatic ring is 1. The third kappa shape index (κ3) is 2.00. The van der Waals surface area contributed by atoms with Gasteiger partial charge in [0.05, 0.1) is 23.3 Å². The van der Waals surface area contributed by atoms with Gasteiger partial charge < -0.3 is 5.73 Å². The fraction of sp³-hybridized carbons (Fsp3) is 0.200. The van der Waals surface area contributed by atoms with Gasteiger partial charge in [-0.3, -0.25) is 0 Å². The summed E-state index contributed by atoms with van der Waals surface area (Å²) in [6.07, 6.45) is 1.86. The van der Waals surface area contributed by atoms with Crippen LogP contribution in [-0.2, 0) is 0 Å². The van der Waals surface area contributed by atoms with Gasteiger partial charge in [-0.1, -0.05) is 18.2 Å². The summed E-state index contributed by atoms with van der Waals surface area (Å²) in [6.45, 7) is 6.26. The van der Waals surface area contributed by atoms with Gasteiger partial charge in [0, 0.05) is 10.9 Å². The predicted molar refractivity (Wildman–Crippen MR) is 83.3 cm³/mol. The van der Waals surface area contributed by atoms with Gasteiger partial charge in [-0.2, -0.15) is 5.10 Å². The molecule has 0 unspecified atom stereocenters. The van der Waals surface area contributed by atoms with Crippen molar-refractivity contribution in [3.8, 4) is 16.9 Å². The Morgan fingerprint density at radius 3 is 2.45 bits per heavy atom. The highest BCUT2D eigenvalue weighted by atomic mass is 32.1. The first-order valence-electron chi connectivity index (χ1n) is 6.40. The number of rotatable bonds is 2. The molecule has 0 saturated carbocycles. The van der Waals surface area contributed by atoms with Crippen LogP contribution >= 0.6 is 11.3 Å². The molecule has 5 heteroatoms. The van der Waals surface area contributed by atoms with Crippen molar-refractivity contribution in [2.24, 2.45) is 0 Å². The van der Waals surface area contributed by atoms with E-state index in [0.717, 1.165) is 22.6 Å². The highest BCUT2D eigenvalue weighted by Crippen LogP contribution is 2.28. The van der Waals surface area contributed by atoms with E-state index in [1.807, 2.05) is 16.3 Å². The summed E-state index contributed by atoms with van der Waals surface area (Å²) in [6, 6.07) is 6.27. The zero-order chi connectivity index (χ0) is 14.3. The third-order valence-electron chi connectivity index (χ3n) is 3.46. The maximum Gasteiger partial charge on any atom is 0.180 e. The number of aryl methyl sites for hydroxylation is 2. The summed E-state index contributed by atoms with van der Waals surface area (Å²) in [7, 11) is 0. The largest absolute Gasteiger partial charge is 0.375 e. The van der Waals surface area contributed by atoms with Crippen LogP contribution in [0, 0.1) is 20.8 Å². The minimum atomic E-state index is 0.583. The molecule has 1 aromatic carbocycles. The molecule has 3 aromatic rings. The van der Waals surface area contributed by atoms with Gasteiger partial charge >= 0.3 is 0 Å². The number of para-hydroxylation sites is 1. The van der Waals surface area contributed by atoms with Gasteiger partial charge in [0.2, 0.25) is 0 Å². The van der Waals surface area contributed by atoms with E-state index in [4.69, 9.17) is 5.73 Å². The summed E-state index contributed by atoms with van der Waals surface area (Å²) in [5, 5.41) is 7.08. The van der Waals surface area contributed by atoms with E-state index >= 15 is 0 Å². The summed E-state index contributed by atoms with van der Waals surface area (Å²) in [5.74, 6) is 0. The molecule has 2 aromatic heterocycles. The summed E-state index contributed by atoms with van der Waals surface area (Å²) < 4.78 is 1.98. The molecule has 0 aliphatic carbocycles. The Labute approximate surface area is 121 Å². The fourth-order valence-corrected chi connectivity index (χ4v) is 3.00. The van der Waals surface area contributed by atoms with Gasteiger partial charge in [0.1, 0.15) is 0 Å². The molecule has 102 valence electrons. The van der Waals surface area contributed by atoms with Crippen LogP contribution in [0.15, 0.2) is 29.8 Å². The summed E-state index contributed by atoms with van der Waals surface area (Å²) in [5.41, 5.74) is 12.3. The highest BCUT2D eigenvalue weighted by Gasteiger charge is 2.14. The standard InChI is InChI=1S/C15H16N4S/c1-9-5-4-6-10(2)14(9)19-11(3)12(7-17-19)13-8-20-15(16)18-13/h4-8H,1-3H3,(H2,16,18). The number of hydrogen-bond acceptors (Lipinski definition) is 4. The number of benzene rings is 1. The lowest BCUT2D eigenvalue weighted by Gasteiger charge is -2.11. The highest BCUT2D eigenvalue weighted by molar-refractivity contribution is 7.13. The number of hydrogen-bond donors (Lipinski definition) is 1. The lowest BCUT2D eigenvalue weighted by atomic mass is 10.1. The molecule has 0 radical (unpaired) electrons. The lowest BCUT2D eigenvalue weighted by Crippen LogP contribution is -2.03. The number of anilines is 1. The van der Waals surface area contributed by atoms with Crippen LogP contribution < -0.4 is 5.73 Å². The average Bonchev–Trinajstić information content (AvgIpc) is 2.97. The Kier molecular flexibility index (Phi) is 3.06. The first-order valence-corrected chi connectivity index (χ1v) is 7.28. The minimum Gasteiger partial charge on any atom is -0.375 e. The van der Waals surface area contributed by atoms with Gasteiger partial charge in [-0.25, -0.2) is 9.67 Å². The van der Waals surface area contributed by atoms with Crippen molar-refractivity contribution in [1.29, 1.82) is 0 Å². The Bertz CT molecular complexity index is 750. The topological polar surface area (TPSA) is 56.7 Å². The summed E-state index contributed by atoms with van der Waals surface area (Å²) in [4.78, 5) is 4.34. The molecule has 4 nitrogen and oxygen atoms in total. The minimum absolute atomic E-state index is 0.583. The zero-order valence-corrected chi connectivity index (χ0v) is 12.5. The second kappa shape index (κ2) is 4.76. The predicted octanol–water partition coefficient (Wildman–Crippen LogP) is 3.50. The second-order valence-corrected chi connectivity index (χ2v) is 5.76. The van der Waals surface area contributed by atoms with Gasteiger partial charge in [0.15, 0.2) is 5.13 Å². The molecule has 0 atom stereocenters. The summed E-state index contributed by atoms with van der Waals surface area (Å²) >= 11 is 1.45. The molecule has 20 heavy (non-hydrogen) atoms. The smallest absolute Gasteiger partial charge is 0.180 e. The molecular weight excluding hydrogens is 268 g/mol. The molecular formula is C15H16N4S. The van der Waals surface area contributed by atoms with E-state index in [1.165, 1.54) is 22.5 Å². The Morgan fingerprint density at radius 1 is 1.15 bits per heavy atom. The average molecular weight is 284 g/mol. The third-order valence-corrected chi connectivity index (χ3v) is 4.13. The van der Waals surface area contributed by atoms with Crippen LogP contribution in [0.4, 0.5) is 5.13 Å². The van der Waals surface area contributed by atoms with E-state index < -0.39 is 0 Å². The molecule has 0 aliphatic heterocycles. The number of nitrogens with zero attached hydrogens (tertiary/aromatic N) is 3.